The van der Waals surface area contributed by atoms with Gasteiger partial charge in [-0.15, -0.1) is 0 Å². The van der Waals surface area contributed by atoms with Gasteiger partial charge in [-0.3, -0.25) is 0 Å². The van der Waals surface area contributed by atoms with Gasteiger partial charge < -0.3 is 0 Å². The van der Waals surface area contributed by atoms with E-state index >= 15 is 0 Å². The minimum absolute atomic E-state index is 0.538. The van der Waals surface area contributed by atoms with Crippen molar-refractivity contribution in [3.8, 4) is 0 Å². The lowest BCUT2D eigenvalue weighted by Crippen LogP contribution is -2.36. The molecule has 0 aliphatic carbocycles. The van der Waals surface area contributed by atoms with Crippen LogP contribution in [0, 0.1) is 0 Å². The number of hydrogen-bond donors (Lipinski definition) is 1. The third-order valence-electron chi connectivity index (χ3n) is 0.951. The molecule has 0 rings (SSSR count). The SMILES string of the molecule is CC([O])NS(=O)(=O)C(C)C. The van der Waals surface area contributed by atoms with Gasteiger partial charge in [-0.2, -0.15) is 4.72 Å². The Balaban J connectivity index is 4.16. The smallest absolute Gasteiger partial charge is 0.215 e. The van der Waals surface area contributed by atoms with Crippen LogP contribution >= 0.6 is 0 Å². The van der Waals surface area contributed by atoms with Crippen LogP contribution in [0.1, 0.15) is 20.8 Å². The molecule has 0 aromatic heterocycles. The van der Waals surface area contributed by atoms with E-state index in [0.717, 1.165) is 0 Å². The van der Waals surface area contributed by atoms with E-state index in [4.69, 9.17) is 0 Å². The summed E-state index contributed by atoms with van der Waals surface area (Å²) < 4.78 is 23.6. The second-order valence-electron chi connectivity index (χ2n) is 2.35. The van der Waals surface area contributed by atoms with Gasteiger partial charge in [0.2, 0.25) is 10.0 Å². The third kappa shape index (κ3) is 3.14. The van der Waals surface area contributed by atoms with Gasteiger partial charge in [0.25, 0.3) is 0 Å². The summed E-state index contributed by atoms with van der Waals surface area (Å²) >= 11 is 0. The van der Waals surface area contributed by atoms with Gasteiger partial charge in [0.05, 0.1) is 5.25 Å². The van der Waals surface area contributed by atoms with E-state index in [1.165, 1.54) is 20.8 Å². The zero-order valence-electron chi connectivity index (χ0n) is 6.29. The van der Waals surface area contributed by atoms with Crippen molar-refractivity contribution in [1.82, 2.24) is 4.72 Å². The topological polar surface area (TPSA) is 66.1 Å². The zero-order chi connectivity index (χ0) is 8.36. The second kappa shape index (κ2) is 3.32. The minimum atomic E-state index is -3.36. The van der Waals surface area contributed by atoms with Crippen LogP contribution in [-0.2, 0) is 15.1 Å². The molecular formula is C5H12NO3S. The van der Waals surface area contributed by atoms with E-state index in [9.17, 15) is 13.5 Å². The van der Waals surface area contributed by atoms with E-state index in [2.05, 4.69) is 0 Å². The summed E-state index contributed by atoms with van der Waals surface area (Å²) in [6, 6.07) is 0. The van der Waals surface area contributed by atoms with Crippen molar-refractivity contribution >= 4 is 10.0 Å². The number of rotatable bonds is 3. The molecule has 0 saturated carbocycles. The van der Waals surface area contributed by atoms with Crippen LogP contribution in [0.3, 0.4) is 0 Å². The molecule has 1 radical (unpaired) electrons. The molecule has 0 aliphatic rings. The molecule has 10 heavy (non-hydrogen) atoms. The highest BCUT2D eigenvalue weighted by Gasteiger charge is 2.17. The molecule has 0 aromatic carbocycles. The molecule has 0 spiro atoms. The first-order valence-electron chi connectivity index (χ1n) is 3.03. The monoisotopic (exact) mass is 166 g/mol. The maximum atomic E-state index is 10.8. The lowest BCUT2D eigenvalue weighted by atomic mass is 10.6. The van der Waals surface area contributed by atoms with Crippen molar-refractivity contribution in [3.63, 3.8) is 0 Å². The molecule has 0 saturated heterocycles. The molecule has 0 fully saturated rings. The lowest BCUT2D eigenvalue weighted by Gasteiger charge is -2.09. The molecule has 0 amide bonds. The van der Waals surface area contributed by atoms with E-state index in [1.807, 2.05) is 4.72 Å². The highest BCUT2D eigenvalue weighted by Crippen LogP contribution is 1.96. The number of sulfonamides is 1. The molecule has 61 valence electrons. The highest BCUT2D eigenvalue weighted by molar-refractivity contribution is 7.90. The summed E-state index contributed by atoms with van der Waals surface area (Å²) in [5.41, 5.74) is 0. The van der Waals surface area contributed by atoms with Crippen LogP contribution in [0.5, 0.6) is 0 Å². The number of hydrogen-bond acceptors (Lipinski definition) is 2. The van der Waals surface area contributed by atoms with Crippen molar-refractivity contribution in [2.45, 2.75) is 32.2 Å². The van der Waals surface area contributed by atoms with Crippen molar-refractivity contribution < 1.29 is 13.5 Å². The van der Waals surface area contributed by atoms with Crippen molar-refractivity contribution in [2.24, 2.45) is 0 Å². The lowest BCUT2D eigenvalue weighted by molar-refractivity contribution is 0.0960. The Morgan fingerprint density at radius 1 is 1.20 bits per heavy atom. The summed E-state index contributed by atoms with van der Waals surface area (Å²) in [4.78, 5) is 0. The van der Waals surface area contributed by atoms with Gasteiger partial charge in [-0.1, -0.05) is 0 Å². The average molecular weight is 166 g/mol. The Kier molecular flexibility index (Phi) is 3.27. The summed E-state index contributed by atoms with van der Waals surface area (Å²) in [7, 11) is -3.36. The van der Waals surface area contributed by atoms with Crippen molar-refractivity contribution in [1.29, 1.82) is 0 Å². The van der Waals surface area contributed by atoms with Crippen LogP contribution in [-0.4, -0.2) is 19.9 Å². The van der Waals surface area contributed by atoms with E-state index in [0.29, 0.717) is 0 Å². The van der Waals surface area contributed by atoms with Gasteiger partial charge in [-0.25, -0.2) is 13.5 Å². The molecule has 0 heterocycles. The van der Waals surface area contributed by atoms with Crippen LogP contribution in [0.25, 0.3) is 0 Å². The van der Waals surface area contributed by atoms with Crippen molar-refractivity contribution in [2.75, 3.05) is 0 Å². The predicted octanol–water partition coefficient (Wildman–Crippen LogP) is 0.0907. The Hall–Kier alpha value is -0.130. The summed E-state index contributed by atoms with van der Waals surface area (Å²) in [5, 5.41) is 9.82. The van der Waals surface area contributed by atoms with Crippen LogP contribution in [0.2, 0.25) is 0 Å². The fraction of sp³-hybridized carbons (Fsp3) is 1.00. The van der Waals surface area contributed by atoms with E-state index in [1.54, 1.807) is 0 Å². The minimum Gasteiger partial charge on any atom is -0.215 e. The molecule has 1 atom stereocenters. The Bertz CT molecular complexity index is 183. The van der Waals surface area contributed by atoms with Gasteiger partial charge in [0.1, 0.15) is 0 Å². The average Bonchev–Trinajstić information content (AvgIpc) is 1.60. The van der Waals surface area contributed by atoms with Crippen LogP contribution in [0.4, 0.5) is 0 Å². The fourth-order valence-electron chi connectivity index (χ4n) is 0.367. The first-order valence-corrected chi connectivity index (χ1v) is 4.58. The number of nitrogens with one attached hydrogen (secondary N) is 1. The first-order chi connectivity index (χ1) is 4.36. The molecule has 0 aromatic rings. The van der Waals surface area contributed by atoms with Crippen LogP contribution < -0.4 is 4.72 Å². The molecule has 1 N–H and O–H groups in total. The standard InChI is InChI=1S/C5H12NO3S/c1-4(2)10(8,9)6-5(3)7/h4-6H,1-3H3. The van der Waals surface area contributed by atoms with E-state index in [-0.39, 0.29) is 0 Å². The maximum absolute atomic E-state index is 10.8. The molecule has 5 heteroatoms. The maximum Gasteiger partial charge on any atom is 0.216 e. The summed E-state index contributed by atoms with van der Waals surface area (Å²) in [5.74, 6) is 0. The van der Waals surface area contributed by atoms with Gasteiger partial charge in [0.15, 0.2) is 6.23 Å². The molecule has 0 aliphatic heterocycles. The zero-order valence-corrected chi connectivity index (χ0v) is 7.10. The van der Waals surface area contributed by atoms with Gasteiger partial charge >= 0.3 is 0 Å². The largest absolute Gasteiger partial charge is 0.216 e. The first kappa shape index (κ1) is 9.87. The van der Waals surface area contributed by atoms with Gasteiger partial charge in [0, 0.05) is 0 Å². The Labute approximate surface area is 61.3 Å². The van der Waals surface area contributed by atoms with E-state index < -0.39 is 21.5 Å². The van der Waals surface area contributed by atoms with Crippen LogP contribution in [0.15, 0.2) is 0 Å². The second-order valence-corrected chi connectivity index (χ2v) is 4.62. The fourth-order valence-corrected chi connectivity index (χ4v) is 1.10. The van der Waals surface area contributed by atoms with Gasteiger partial charge in [-0.05, 0) is 20.8 Å². The summed E-state index contributed by atoms with van der Waals surface area (Å²) in [6.07, 6.45) is -1.26. The predicted molar refractivity (Wildman–Crippen MR) is 37.3 cm³/mol. The molecular weight excluding hydrogens is 154 g/mol. The molecule has 1 unspecified atom stereocenters. The third-order valence-corrected chi connectivity index (χ3v) is 2.85. The Morgan fingerprint density at radius 3 is 1.70 bits per heavy atom. The Morgan fingerprint density at radius 2 is 1.60 bits per heavy atom. The quantitative estimate of drug-likeness (QED) is 0.604. The highest BCUT2D eigenvalue weighted by atomic mass is 32.2. The molecule has 4 nitrogen and oxygen atoms in total. The summed E-state index contributed by atoms with van der Waals surface area (Å²) in [6.45, 7) is 4.29. The van der Waals surface area contributed by atoms with Crippen molar-refractivity contribution in [3.05, 3.63) is 0 Å². The normalized spacial score (nSPS) is 15.7. The molecule has 0 bridgehead atoms.